The minimum atomic E-state index is -0.0925. The molecule has 0 aliphatic heterocycles. The van der Waals surface area contributed by atoms with Crippen LogP contribution < -0.4 is 0 Å². The maximum Gasteiger partial charge on any atom is 0.0159 e. The summed E-state index contributed by atoms with van der Waals surface area (Å²) < 4.78 is 0. The van der Waals surface area contributed by atoms with Crippen LogP contribution in [0.25, 0.3) is 55.3 Å². The van der Waals surface area contributed by atoms with E-state index in [1.54, 1.807) is 0 Å². The zero-order chi connectivity index (χ0) is 34.0. The number of hydrogen-bond acceptors (Lipinski definition) is 0. The summed E-state index contributed by atoms with van der Waals surface area (Å²) in [5.41, 5.74) is 19.3. The Morgan fingerprint density at radius 2 is 0.646 bits per heavy atom. The van der Waals surface area contributed by atoms with Gasteiger partial charge in [-0.3, -0.25) is 0 Å². The Morgan fingerprint density at radius 3 is 1.10 bits per heavy atom. The Morgan fingerprint density at radius 1 is 0.333 bits per heavy atom. The molecule has 6 aromatic carbocycles. The van der Waals surface area contributed by atoms with Crippen molar-refractivity contribution >= 4 is 10.8 Å². The van der Waals surface area contributed by atoms with Gasteiger partial charge in [0.05, 0.1) is 0 Å². The van der Waals surface area contributed by atoms with E-state index in [9.17, 15) is 0 Å². The molecule has 0 radical (unpaired) electrons. The van der Waals surface area contributed by atoms with E-state index in [2.05, 4.69) is 178 Å². The molecule has 0 unspecified atom stereocenters. The van der Waals surface area contributed by atoms with Crippen molar-refractivity contribution in [3.05, 3.63) is 143 Å². The number of rotatable bonds is 2. The zero-order valence-electron chi connectivity index (χ0n) is 30.4. The van der Waals surface area contributed by atoms with Crippen molar-refractivity contribution in [3.63, 3.8) is 0 Å². The summed E-state index contributed by atoms with van der Waals surface area (Å²) in [6.45, 7) is 23.4. The van der Waals surface area contributed by atoms with Crippen molar-refractivity contribution in [3.8, 4) is 44.5 Å². The number of fused-ring (bicyclic) bond motifs is 7. The predicted molar refractivity (Wildman–Crippen MR) is 207 cm³/mol. The molecule has 0 atom stereocenters. The quantitative estimate of drug-likeness (QED) is 0.180. The maximum atomic E-state index is 2.46. The largest absolute Gasteiger partial charge is 0.0579 e. The summed E-state index contributed by atoms with van der Waals surface area (Å²) in [6, 6.07) is 42.4. The van der Waals surface area contributed by atoms with Gasteiger partial charge in [-0.1, -0.05) is 154 Å². The van der Waals surface area contributed by atoms with Gasteiger partial charge in [-0.25, -0.2) is 0 Å². The van der Waals surface area contributed by atoms with E-state index in [1.165, 1.54) is 88.7 Å². The molecular weight excluding hydrogens is 577 g/mol. The van der Waals surface area contributed by atoms with Crippen LogP contribution in [0.15, 0.2) is 109 Å². The van der Waals surface area contributed by atoms with Crippen LogP contribution in [0.1, 0.15) is 103 Å². The first kappa shape index (κ1) is 30.9. The summed E-state index contributed by atoms with van der Waals surface area (Å²) in [5.74, 6) is 0. The molecule has 0 spiro atoms. The van der Waals surface area contributed by atoms with Crippen LogP contribution in [0.4, 0.5) is 0 Å². The second kappa shape index (κ2) is 10.1. The molecule has 48 heavy (non-hydrogen) atoms. The number of hydrogen-bond donors (Lipinski definition) is 0. The molecular formula is C48H48. The Kier molecular flexibility index (Phi) is 6.47. The SMILES string of the molecule is CC(C)(C)c1ccc2c(c1)C(C)(C)c1cc(-c3ccc4c(c3)C(C)(C)c3cc(-c5ccc6cc(C(C)(C)C)ccc6c5)ccc3-4)ccc1-2. The van der Waals surface area contributed by atoms with E-state index in [0.717, 1.165) is 0 Å². The zero-order valence-corrected chi connectivity index (χ0v) is 30.4. The van der Waals surface area contributed by atoms with E-state index in [0.29, 0.717) is 0 Å². The molecule has 240 valence electrons. The van der Waals surface area contributed by atoms with Crippen molar-refractivity contribution in [2.75, 3.05) is 0 Å². The van der Waals surface area contributed by atoms with Crippen molar-refractivity contribution in [1.82, 2.24) is 0 Å². The lowest BCUT2D eigenvalue weighted by molar-refractivity contribution is 0.584. The van der Waals surface area contributed by atoms with Crippen LogP contribution in [-0.2, 0) is 21.7 Å². The van der Waals surface area contributed by atoms with Crippen molar-refractivity contribution < 1.29 is 0 Å². The molecule has 0 bridgehead atoms. The average Bonchev–Trinajstić information content (AvgIpc) is 3.41. The van der Waals surface area contributed by atoms with Crippen LogP contribution >= 0.6 is 0 Å². The standard InChI is InChI=1S/C48H48/c1-45(2,3)35-17-13-30-23-29(11-12-31(30)24-35)32-14-19-37-38-20-15-33(26-42(38)47(7,8)41(37)25-32)34-16-21-39-40-22-18-36(46(4,5)6)28-44(40)48(9,10)43(39)27-34/h11-28H,1-10H3. The highest BCUT2D eigenvalue weighted by Gasteiger charge is 2.38. The third-order valence-electron chi connectivity index (χ3n) is 11.6. The lowest BCUT2D eigenvalue weighted by Crippen LogP contribution is -2.17. The third-order valence-corrected chi connectivity index (χ3v) is 11.6. The molecule has 0 saturated heterocycles. The van der Waals surface area contributed by atoms with Gasteiger partial charge in [0.2, 0.25) is 0 Å². The van der Waals surface area contributed by atoms with Gasteiger partial charge in [-0.15, -0.1) is 0 Å². The van der Waals surface area contributed by atoms with Gasteiger partial charge in [0.15, 0.2) is 0 Å². The molecule has 0 amide bonds. The summed E-state index contributed by atoms with van der Waals surface area (Å²) >= 11 is 0. The molecule has 0 aromatic heterocycles. The predicted octanol–water partition coefficient (Wildman–Crippen LogP) is 13.4. The molecule has 8 rings (SSSR count). The van der Waals surface area contributed by atoms with E-state index >= 15 is 0 Å². The topological polar surface area (TPSA) is 0 Å². The second-order valence-corrected chi connectivity index (χ2v) is 17.6. The fourth-order valence-corrected chi connectivity index (χ4v) is 8.37. The van der Waals surface area contributed by atoms with Crippen molar-refractivity contribution in [2.24, 2.45) is 0 Å². The molecule has 0 heterocycles. The van der Waals surface area contributed by atoms with Crippen molar-refractivity contribution in [1.29, 1.82) is 0 Å². The minimum absolute atomic E-state index is 0.0395. The third kappa shape index (κ3) is 4.63. The first-order valence-corrected chi connectivity index (χ1v) is 17.7. The monoisotopic (exact) mass is 624 g/mol. The highest BCUT2D eigenvalue weighted by molar-refractivity contribution is 5.91. The summed E-state index contributed by atoms with van der Waals surface area (Å²) in [5, 5.41) is 2.60. The lowest BCUT2D eigenvalue weighted by Gasteiger charge is -2.25. The lowest BCUT2D eigenvalue weighted by atomic mass is 9.78. The van der Waals surface area contributed by atoms with Crippen LogP contribution in [0.3, 0.4) is 0 Å². The minimum Gasteiger partial charge on any atom is -0.0579 e. The molecule has 0 nitrogen and oxygen atoms in total. The highest BCUT2D eigenvalue weighted by Crippen LogP contribution is 2.53. The summed E-state index contributed by atoms with van der Waals surface area (Å²) in [7, 11) is 0. The van der Waals surface area contributed by atoms with E-state index in [1.807, 2.05) is 0 Å². The average molecular weight is 625 g/mol. The Hall–Kier alpha value is -4.42. The smallest absolute Gasteiger partial charge is 0.0159 e. The van der Waals surface area contributed by atoms with Gasteiger partial charge in [0.1, 0.15) is 0 Å². The van der Waals surface area contributed by atoms with Crippen LogP contribution in [0.2, 0.25) is 0 Å². The van der Waals surface area contributed by atoms with Crippen LogP contribution in [0.5, 0.6) is 0 Å². The Bertz CT molecular complexity index is 2290. The molecule has 0 N–H and O–H groups in total. The second-order valence-electron chi connectivity index (χ2n) is 17.6. The highest BCUT2D eigenvalue weighted by atomic mass is 14.4. The van der Waals surface area contributed by atoms with Gasteiger partial charge in [0, 0.05) is 10.8 Å². The Balaban J connectivity index is 1.14. The van der Waals surface area contributed by atoms with E-state index < -0.39 is 0 Å². The van der Waals surface area contributed by atoms with Gasteiger partial charge < -0.3 is 0 Å². The molecule has 6 aromatic rings. The number of benzene rings is 6. The van der Waals surface area contributed by atoms with Crippen molar-refractivity contribution in [2.45, 2.75) is 90.9 Å². The van der Waals surface area contributed by atoms with Gasteiger partial charge >= 0.3 is 0 Å². The fraction of sp³-hybridized carbons (Fsp3) is 0.292. The molecule has 0 fully saturated rings. The van der Waals surface area contributed by atoms with Gasteiger partial charge in [-0.05, 0) is 124 Å². The van der Waals surface area contributed by atoms with Crippen LogP contribution in [0, 0.1) is 0 Å². The molecule has 0 heteroatoms. The van der Waals surface area contributed by atoms with Gasteiger partial charge in [0.25, 0.3) is 0 Å². The van der Waals surface area contributed by atoms with E-state index in [-0.39, 0.29) is 21.7 Å². The first-order valence-electron chi connectivity index (χ1n) is 17.7. The Labute approximate surface area is 287 Å². The summed E-state index contributed by atoms with van der Waals surface area (Å²) in [6.07, 6.45) is 0. The molecule has 0 saturated carbocycles. The van der Waals surface area contributed by atoms with Crippen LogP contribution in [-0.4, -0.2) is 0 Å². The molecule has 2 aliphatic carbocycles. The molecule has 2 aliphatic rings. The first-order chi connectivity index (χ1) is 22.5. The van der Waals surface area contributed by atoms with Gasteiger partial charge in [-0.2, -0.15) is 0 Å². The fourth-order valence-electron chi connectivity index (χ4n) is 8.37. The maximum absolute atomic E-state index is 2.46. The summed E-state index contributed by atoms with van der Waals surface area (Å²) in [4.78, 5) is 0. The van der Waals surface area contributed by atoms with E-state index in [4.69, 9.17) is 0 Å². The normalized spacial score (nSPS) is 15.6.